The molecule has 0 saturated carbocycles. The highest BCUT2D eigenvalue weighted by molar-refractivity contribution is 5.92. The Morgan fingerprint density at radius 3 is 2.50 bits per heavy atom. The second-order valence-corrected chi connectivity index (χ2v) is 5.86. The lowest BCUT2D eigenvalue weighted by Gasteiger charge is -2.16. The molecule has 0 spiro atoms. The van der Waals surface area contributed by atoms with Crippen molar-refractivity contribution in [1.29, 1.82) is 0 Å². The summed E-state index contributed by atoms with van der Waals surface area (Å²) in [6, 6.07) is 13.4. The molecule has 1 aromatic heterocycles. The molecule has 3 aromatic rings. The highest BCUT2D eigenvalue weighted by Crippen LogP contribution is 2.28. The maximum Gasteiger partial charge on any atom is 0.271 e. The van der Waals surface area contributed by atoms with E-state index in [4.69, 9.17) is 5.73 Å². The molecule has 2 aromatic carbocycles. The van der Waals surface area contributed by atoms with E-state index in [0.717, 1.165) is 10.7 Å². The quantitative estimate of drug-likeness (QED) is 0.752. The zero-order chi connectivity index (χ0) is 18.8. The molecule has 0 aliphatic rings. The molecule has 0 bridgehead atoms. The second-order valence-electron chi connectivity index (χ2n) is 5.86. The molecule has 0 aliphatic heterocycles. The van der Waals surface area contributed by atoms with Crippen molar-refractivity contribution in [1.82, 2.24) is 9.78 Å². The summed E-state index contributed by atoms with van der Waals surface area (Å²) in [5.74, 6) is -2.27. The molecule has 1 atom stereocenters. The maximum atomic E-state index is 13.6. The molecule has 0 radical (unpaired) electrons. The van der Waals surface area contributed by atoms with Crippen molar-refractivity contribution in [2.24, 2.45) is 5.73 Å². The van der Waals surface area contributed by atoms with Gasteiger partial charge in [0, 0.05) is 18.1 Å². The number of carbonyl (C=O) groups excluding carboxylic acids is 1. The van der Waals surface area contributed by atoms with Crippen LogP contribution in [0.25, 0.3) is 5.69 Å². The van der Waals surface area contributed by atoms with Gasteiger partial charge in [-0.2, -0.15) is 9.78 Å². The molecule has 3 rings (SSSR count). The fraction of sp³-hybridized carbons (Fsp3) is 0.105. The molecule has 1 amide bonds. The Balaban J connectivity index is 2.17. The van der Waals surface area contributed by atoms with Crippen molar-refractivity contribution in [3.05, 3.63) is 87.6 Å². The van der Waals surface area contributed by atoms with Crippen LogP contribution in [0.5, 0.6) is 5.75 Å². The van der Waals surface area contributed by atoms with Crippen LogP contribution in [0.2, 0.25) is 0 Å². The average Bonchev–Trinajstić information content (AvgIpc) is 2.60. The van der Waals surface area contributed by atoms with Gasteiger partial charge < -0.3 is 10.8 Å². The standard InChI is InChI=1S/C19H16FN3O3/c1-11(12-7-13(20)9-15(24)8-12)16-10-17(25)23(22-18(16)19(21)26)14-5-3-2-4-6-14/h2-11,24H,1H3,(H2,21,26). The lowest BCUT2D eigenvalue weighted by Crippen LogP contribution is -2.28. The van der Waals surface area contributed by atoms with Crippen LogP contribution in [0.4, 0.5) is 4.39 Å². The van der Waals surface area contributed by atoms with E-state index >= 15 is 0 Å². The Morgan fingerprint density at radius 2 is 1.88 bits per heavy atom. The third kappa shape index (κ3) is 3.32. The van der Waals surface area contributed by atoms with Crippen LogP contribution >= 0.6 is 0 Å². The number of rotatable bonds is 4. The first-order valence-corrected chi connectivity index (χ1v) is 7.86. The number of primary amides is 1. The van der Waals surface area contributed by atoms with Crippen molar-refractivity contribution >= 4 is 5.91 Å². The molecular weight excluding hydrogens is 337 g/mol. The number of phenolic OH excluding ortho intramolecular Hbond substituents is 1. The summed E-state index contributed by atoms with van der Waals surface area (Å²) in [6.45, 7) is 1.67. The van der Waals surface area contributed by atoms with Gasteiger partial charge in [-0.3, -0.25) is 9.59 Å². The monoisotopic (exact) mass is 353 g/mol. The fourth-order valence-electron chi connectivity index (χ4n) is 2.77. The van der Waals surface area contributed by atoms with Crippen LogP contribution in [0.15, 0.2) is 59.4 Å². The van der Waals surface area contributed by atoms with Gasteiger partial charge in [0.2, 0.25) is 0 Å². The Labute approximate surface area is 148 Å². The number of para-hydroxylation sites is 1. The number of phenols is 1. The number of benzene rings is 2. The highest BCUT2D eigenvalue weighted by atomic mass is 19.1. The topological polar surface area (TPSA) is 98.2 Å². The first-order valence-electron chi connectivity index (χ1n) is 7.86. The van der Waals surface area contributed by atoms with Crippen LogP contribution < -0.4 is 11.3 Å². The van der Waals surface area contributed by atoms with Crippen LogP contribution in [-0.2, 0) is 0 Å². The number of aromatic hydroxyl groups is 1. The first-order chi connectivity index (χ1) is 12.4. The van der Waals surface area contributed by atoms with Crippen molar-refractivity contribution in [3.63, 3.8) is 0 Å². The van der Waals surface area contributed by atoms with E-state index in [2.05, 4.69) is 5.10 Å². The SMILES string of the molecule is CC(c1cc(O)cc(F)c1)c1cc(=O)n(-c2ccccc2)nc1C(N)=O. The highest BCUT2D eigenvalue weighted by Gasteiger charge is 2.21. The van der Waals surface area contributed by atoms with Gasteiger partial charge in [-0.15, -0.1) is 0 Å². The maximum absolute atomic E-state index is 13.6. The van der Waals surface area contributed by atoms with Gasteiger partial charge in [-0.1, -0.05) is 25.1 Å². The van der Waals surface area contributed by atoms with E-state index in [0.29, 0.717) is 11.3 Å². The molecule has 0 saturated heterocycles. The normalized spacial score (nSPS) is 11.9. The second kappa shape index (κ2) is 6.79. The predicted octanol–water partition coefficient (Wildman–Crippen LogP) is 2.33. The summed E-state index contributed by atoms with van der Waals surface area (Å²) in [5, 5.41) is 13.7. The Kier molecular flexibility index (Phi) is 4.53. The zero-order valence-corrected chi connectivity index (χ0v) is 13.9. The van der Waals surface area contributed by atoms with Gasteiger partial charge in [-0.25, -0.2) is 4.39 Å². The smallest absolute Gasteiger partial charge is 0.271 e. The first kappa shape index (κ1) is 17.3. The third-order valence-electron chi connectivity index (χ3n) is 4.07. The van der Waals surface area contributed by atoms with E-state index in [1.807, 2.05) is 0 Å². The minimum atomic E-state index is -0.808. The number of carbonyl (C=O) groups is 1. The predicted molar refractivity (Wildman–Crippen MR) is 93.9 cm³/mol. The molecule has 26 heavy (non-hydrogen) atoms. The summed E-state index contributed by atoms with van der Waals surface area (Å²) in [4.78, 5) is 24.4. The van der Waals surface area contributed by atoms with Gasteiger partial charge >= 0.3 is 0 Å². The zero-order valence-electron chi connectivity index (χ0n) is 13.9. The molecule has 1 heterocycles. The van der Waals surface area contributed by atoms with Crippen LogP contribution in [0.3, 0.4) is 0 Å². The fourth-order valence-corrected chi connectivity index (χ4v) is 2.77. The number of nitrogens with two attached hydrogens (primary N) is 1. The lowest BCUT2D eigenvalue weighted by atomic mass is 9.92. The summed E-state index contributed by atoms with van der Waals surface area (Å²) < 4.78 is 14.7. The average molecular weight is 353 g/mol. The number of amides is 1. The molecule has 0 aliphatic carbocycles. The van der Waals surface area contributed by atoms with E-state index in [1.165, 1.54) is 18.2 Å². The van der Waals surface area contributed by atoms with Crippen molar-refractivity contribution < 1.29 is 14.3 Å². The van der Waals surface area contributed by atoms with E-state index in [-0.39, 0.29) is 17.0 Å². The number of nitrogens with zero attached hydrogens (tertiary/aromatic N) is 2. The van der Waals surface area contributed by atoms with Crippen LogP contribution in [0, 0.1) is 5.82 Å². The van der Waals surface area contributed by atoms with Crippen molar-refractivity contribution in [2.45, 2.75) is 12.8 Å². The van der Waals surface area contributed by atoms with Gasteiger partial charge in [0.05, 0.1) is 5.69 Å². The van der Waals surface area contributed by atoms with Crippen molar-refractivity contribution in [3.8, 4) is 11.4 Å². The van der Waals surface area contributed by atoms with Gasteiger partial charge in [0.1, 0.15) is 11.6 Å². The summed E-state index contributed by atoms with van der Waals surface area (Å²) in [7, 11) is 0. The molecule has 1 unspecified atom stereocenters. The largest absolute Gasteiger partial charge is 0.508 e. The minimum Gasteiger partial charge on any atom is -0.508 e. The molecule has 0 fully saturated rings. The number of hydrogen-bond acceptors (Lipinski definition) is 4. The summed E-state index contributed by atoms with van der Waals surface area (Å²) >= 11 is 0. The summed E-state index contributed by atoms with van der Waals surface area (Å²) in [5.41, 5.74) is 6.04. The number of halogens is 1. The van der Waals surface area contributed by atoms with E-state index < -0.39 is 23.2 Å². The van der Waals surface area contributed by atoms with E-state index in [9.17, 15) is 19.1 Å². The Morgan fingerprint density at radius 1 is 1.19 bits per heavy atom. The number of hydrogen-bond donors (Lipinski definition) is 2. The molecule has 7 heteroatoms. The molecule has 3 N–H and O–H groups in total. The van der Waals surface area contributed by atoms with Crippen molar-refractivity contribution in [2.75, 3.05) is 0 Å². The van der Waals surface area contributed by atoms with Gasteiger partial charge in [0.25, 0.3) is 11.5 Å². The van der Waals surface area contributed by atoms with Gasteiger partial charge in [0.15, 0.2) is 5.69 Å². The third-order valence-corrected chi connectivity index (χ3v) is 4.07. The summed E-state index contributed by atoms with van der Waals surface area (Å²) in [6.07, 6.45) is 0. The molecular formula is C19H16FN3O3. The Bertz CT molecular complexity index is 1010. The van der Waals surface area contributed by atoms with Crippen LogP contribution in [0.1, 0.15) is 34.5 Å². The molecule has 6 nitrogen and oxygen atoms in total. The van der Waals surface area contributed by atoms with Gasteiger partial charge in [-0.05, 0) is 35.4 Å². The number of aromatic nitrogens is 2. The minimum absolute atomic E-state index is 0.0929. The molecule has 132 valence electrons. The Hall–Kier alpha value is -3.48. The van der Waals surface area contributed by atoms with E-state index in [1.54, 1.807) is 37.3 Å². The lowest BCUT2D eigenvalue weighted by molar-refractivity contribution is 0.0992. The van der Waals surface area contributed by atoms with Crippen LogP contribution in [-0.4, -0.2) is 20.8 Å².